The summed E-state index contributed by atoms with van der Waals surface area (Å²) in [6.45, 7) is 0. The molecule has 0 radical (unpaired) electrons. The maximum Gasteiger partial charge on any atom is 0.153 e. The lowest BCUT2D eigenvalue weighted by molar-refractivity contribution is 0.161. The summed E-state index contributed by atoms with van der Waals surface area (Å²) >= 11 is 12.1. The number of H-pyrrole nitrogens is 1. The molecule has 0 aliphatic rings. The highest BCUT2D eigenvalue weighted by atomic mass is 35.5. The Morgan fingerprint density at radius 3 is 2.48 bits per heavy atom. The molecule has 2 aromatic carbocycles. The van der Waals surface area contributed by atoms with Crippen LogP contribution in [0.3, 0.4) is 0 Å². The highest BCUT2D eigenvalue weighted by molar-refractivity contribution is 6.35. The van der Waals surface area contributed by atoms with E-state index in [-0.39, 0.29) is 12.8 Å². The third-order valence-corrected chi connectivity index (χ3v) is 4.27. The molecule has 23 heavy (non-hydrogen) atoms. The third kappa shape index (κ3) is 3.71. The molecule has 1 atom stereocenters. The molecule has 0 saturated heterocycles. The zero-order chi connectivity index (χ0) is 16.3. The molecule has 3 rings (SSSR count). The molecule has 3 aromatic rings. The Kier molecular flexibility index (Phi) is 4.64. The summed E-state index contributed by atoms with van der Waals surface area (Å²) in [6.07, 6.45) is 1.61. The Morgan fingerprint density at radius 1 is 1.04 bits per heavy atom. The van der Waals surface area contributed by atoms with Gasteiger partial charge in [-0.2, -0.15) is 5.10 Å². The van der Waals surface area contributed by atoms with Gasteiger partial charge in [0.05, 0.1) is 0 Å². The van der Waals surface area contributed by atoms with Gasteiger partial charge < -0.3 is 0 Å². The standard InChI is InChI=1S/C17H14Cl2FN3/c18-14-7-6-12(15(19)8-14)9-17(20,10-16-21-11-22-23-16)13-4-2-1-3-5-13/h1-8,11H,9-10H2,(H,21,22,23). The van der Waals surface area contributed by atoms with Gasteiger partial charge in [-0.25, -0.2) is 9.37 Å². The molecule has 1 aromatic heterocycles. The van der Waals surface area contributed by atoms with Gasteiger partial charge in [-0.15, -0.1) is 0 Å². The van der Waals surface area contributed by atoms with Crippen LogP contribution in [-0.4, -0.2) is 15.2 Å². The molecule has 0 saturated carbocycles. The molecule has 0 amide bonds. The van der Waals surface area contributed by atoms with Gasteiger partial charge in [-0.3, -0.25) is 5.10 Å². The van der Waals surface area contributed by atoms with Crippen LogP contribution in [0.25, 0.3) is 0 Å². The molecular formula is C17H14Cl2FN3. The molecule has 0 bridgehead atoms. The zero-order valence-electron chi connectivity index (χ0n) is 12.1. The smallest absolute Gasteiger partial charge is 0.153 e. The fourth-order valence-electron chi connectivity index (χ4n) is 2.54. The number of hydrogen-bond acceptors (Lipinski definition) is 2. The molecule has 0 fully saturated rings. The Hall–Kier alpha value is -1.91. The van der Waals surface area contributed by atoms with Crippen LogP contribution < -0.4 is 0 Å². The van der Waals surface area contributed by atoms with Crippen molar-refractivity contribution in [2.45, 2.75) is 18.5 Å². The van der Waals surface area contributed by atoms with Crippen LogP contribution in [0.4, 0.5) is 4.39 Å². The summed E-state index contributed by atoms with van der Waals surface area (Å²) in [5.74, 6) is 0.418. The summed E-state index contributed by atoms with van der Waals surface area (Å²) in [7, 11) is 0. The number of halogens is 3. The first-order valence-corrected chi connectivity index (χ1v) is 7.85. The molecule has 3 nitrogen and oxygen atoms in total. The highest BCUT2D eigenvalue weighted by Gasteiger charge is 2.34. The molecule has 0 aliphatic carbocycles. The SMILES string of the molecule is FC(Cc1nc[nH]n1)(Cc1ccc(Cl)cc1Cl)c1ccccc1. The number of nitrogens with one attached hydrogen (secondary N) is 1. The van der Waals surface area contributed by atoms with Gasteiger partial charge in [0.2, 0.25) is 0 Å². The van der Waals surface area contributed by atoms with E-state index in [0.29, 0.717) is 27.0 Å². The topological polar surface area (TPSA) is 41.6 Å². The van der Waals surface area contributed by atoms with Gasteiger partial charge in [0, 0.05) is 22.9 Å². The van der Waals surface area contributed by atoms with Gasteiger partial charge in [-0.05, 0) is 23.3 Å². The molecule has 118 valence electrons. The summed E-state index contributed by atoms with van der Waals surface area (Å²) < 4.78 is 15.9. The number of aromatic amines is 1. The number of aromatic nitrogens is 3. The van der Waals surface area contributed by atoms with E-state index in [1.807, 2.05) is 18.2 Å². The van der Waals surface area contributed by atoms with Gasteiger partial charge >= 0.3 is 0 Å². The summed E-state index contributed by atoms with van der Waals surface area (Å²) in [5.41, 5.74) is -0.408. The number of benzene rings is 2. The first kappa shape index (κ1) is 16.0. The monoisotopic (exact) mass is 349 g/mol. The number of hydrogen-bond donors (Lipinski definition) is 1. The Morgan fingerprint density at radius 2 is 1.83 bits per heavy atom. The third-order valence-electron chi connectivity index (χ3n) is 3.68. The van der Waals surface area contributed by atoms with Crippen molar-refractivity contribution in [1.82, 2.24) is 15.2 Å². The van der Waals surface area contributed by atoms with E-state index in [4.69, 9.17) is 23.2 Å². The van der Waals surface area contributed by atoms with E-state index in [9.17, 15) is 0 Å². The minimum atomic E-state index is -1.67. The van der Waals surface area contributed by atoms with Gasteiger partial charge in [0.1, 0.15) is 12.0 Å². The minimum absolute atomic E-state index is 0.0550. The predicted molar refractivity (Wildman–Crippen MR) is 89.5 cm³/mol. The molecule has 1 unspecified atom stereocenters. The molecule has 0 aliphatic heterocycles. The van der Waals surface area contributed by atoms with E-state index in [1.165, 1.54) is 6.33 Å². The maximum atomic E-state index is 15.9. The second-order valence-electron chi connectivity index (χ2n) is 5.34. The van der Waals surface area contributed by atoms with Gasteiger partial charge in [0.15, 0.2) is 5.82 Å². The first-order valence-electron chi connectivity index (χ1n) is 7.10. The van der Waals surface area contributed by atoms with Crippen molar-refractivity contribution < 1.29 is 4.39 Å². The second-order valence-corrected chi connectivity index (χ2v) is 6.18. The molecule has 0 spiro atoms. The largest absolute Gasteiger partial charge is 0.266 e. The lowest BCUT2D eigenvalue weighted by atomic mass is 9.86. The summed E-state index contributed by atoms with van der Waals surface area (Å²) in [5, 5.41) is 7.56. The van der Waals surface area contributed by atoms with Crippen molar-refractivity contribution >= 4 is 23.2 Å². The Balaban J connectivity index is 1.98. The highest BCUT2D eigenvalue weighted by Crippen LogP contribution is 2.35. The fraction of sp³-hybridized carbons (Fsp3) is 0.176. The van der Waals surface area contributed by atoms with E-state index in [1.54, 1.807) is 30.3 Å². The molecule has 6 heteroatoms. The molecular weight excluding hydrogens is 336 g/mol. The van der Waals surface area contributed by atoms with Crippen LogP contribution in [0.2, 0.25) is 10.0 Å². The van der Waals surface area contributed by atoms with Crippen molar-refractivity contribution in [3.63, 3.8) is 0 Å². The fourth-order valence-corrected chi connectivity index (χ4v) is 3.02. The van der Waals surface area contributed by atoms with Gasteiger partial charge in [-0.1, -0.05) is 59.6 Å². The zero-order valence-corrected chi connectivity index (χ0v) is 13.7. The number of nitrogens with zero attached hydrogens (tertiary/aromatic N) is 2. The lowest BCUT2D eigenvalue weighted by Gasteiger charge is -2.25. The quantitative estimate of drug-likeness (QED) is 0.721. The first-order chi connectivity index (χ1) is 11.1. The van der Waals surface area contributed by atoms with Crippen LogP contribution in [0, 0.1) is 0 Å². The van der Waals surface area contributed by atoms with Gasteiger partial charge in [0.25, 0.3) is 0 Å². The van der Waals surface area contributed by atoms with E-state index < -0.39 is 5.67 Å². The average molecular weight is 350 g/mol. The number of alkyl halides is 1. The van der Waals surface area contributed by atoms with Crippen LogP contribution >= 0.6 is 23.2 Å². The van der Waals surface area contributed by atoms with Crippen molar-refractivity contribution in [2.75, 3.05) is 0 Å². The Bertz CT molecular complexity index is 778. The lowest BCUT2D eigenvalue weighted by Crippen LogP contribution is -2.27. The second kappa shape index (κ2) is 6.69. The van der Waals surface area contributed by atoms with Crippen LogP contribution in [0.5, 0.6) is 0 Å². The van der Waals surface area contributed by atoms with E-state index in [0.717, 1.165) is 0 Å². The van der Waals surface area contributed by atoms with Crippen molar-refractivity contribution in [2.24, 2.45) is 0 Å². The van der Waals surface area contributed by atoms with Crippen LogP contribution in [0.1, 0.15) is 17.0 Å². The average Bonchev–Trinajstić information content (AvgIpc) is 3.04. The summed E-state index contributed by atoms with van der Waals surface area (Å²) in [4.78, 5) is 4.04. The van der Waals surface area contributed by atoms with Crippen LogP contribution in [-0.2, 0) is 18.5 Å². The Labute approximate surface area is 143 Å². The van der Waals surface area contributed by atoms with Crippen LogP contribution in [0.15, 0.2) is 54.9 Å². The van der Waals surface area contributed by atoms with E-state index in [2.05, 4.69) is 15.2 Å². The van der Waals surface area contributed by atoms with Crippen molar-refractivity contribution in [3.05, 3.63) is 81.9 Å². The maximum absolute atomic E-state index is 15.9. The molecule has 1 heterocycles. The van der Waals surface area contributed by atoms with E-state index >= 15 is 4.39 Å². The summed E-state index contributed by atoms with van der Waals surface area (Å²) in [6, 6.07) is 14.1. The normalized spacial score (nSPS) is 13.7. The van der Waals surface area contributed by atoms with Crippen molar-refractivity contribution in [1.29, 1.82) is 0 Å². The minimum Gasteiger partial charge on any atom is -0.266 e. The van der Waals surface area contributed by atoms with Crippen molar-refractivity contribution in [3.8, 4) is 0 Å². The molecule has 1 N–H and O–H groups in total. The number of rotatable bonds is 5. The predicted octanol–water partition coefficient (Wildman–Crippen LogP) is 4.76.